The minimum atomic E-state index is -0.231. The first-order chi connectivity index (χ1) is 13.5. The Morgan fingerprint density at radius 3 is 2.46 bits per heavy atom. The number of amides is 1. The molecular formula is C23H30FN3O. The van der Waals surface area contributed by atoms with Crippen LogP contribution in [-0.2, 0) is 11.2 Å². The van der Waals surface area contributed by atoms with Crippen molar-refractivity contribution in [3.05, 3.63) is 65.0 Å². The summed E-state index contributed by atoms with van der Waals surface area (Å²) in [6.07, 6.45) is 1.24. The highest BCUT2D eigenvalue weighted by molar-refractivity contribution is 5.76. The van der Waals surface area contributed by atoms with Crippen molar-refractivity contribution in [3.63, 3.8) is 0 Å². The van der Waals surface area contributed by atoms with Gasteiger partial charge in [-0.2, -0.15) is 0 Å². The molecule has 0 atom stereocenters. The van der Waals surface area contributed by atoms with E-state index in [0.717, 1.165) is 44.7 Å². The van der Waals surface area contributed by atoms with Gasteiger partial charge in [-0.1, -0.05) is 24.3 Å². The molecule has 2 aromatic rings. The molecule has 0 bridgehead atoms. The molecule has 1 saturated heterocycles. The second kappa shape index (κ2) is 9.69. The van der Waals surface area contributed by atoms with Crippen molar-refractivity contribution in [1.29, 1.82) is 0 Å². The van der Waals surface area contributed by atoms with Crippen LogP contribution in [-0.4, -0.2) is 50.1 Å². The molecule has 0 unspecified atom stereocenters. The molecule has 0 aromatic heterocycles. The monoisotopic (exact) mass is 383 g/mol. The first kappa shape index (κ1) is 20.3. The number of piperazine rings is 1. The third kappa shape index (κ3) is 5.55. The van der Waals surface area contributed by atoms with Crippen LogP contribution in [0, 0.1) is 19.7 Å². The first-order valence-electron chi connectivity index (χ1n) is 10.1. The molecule has 0 spiro atoms. The SMILES string of the molecule is Cc1cccc(N2CCN(CCC(=O)NCCc3ccc(F)cc3)CC2)c1C. The summed E-state index contributed by atoms with van der Waals surface area (Å²) < 4.78 is 12.9. The lowest BCUT2D eigenvalue weighted by Crippen LogP contribution is -2.47. The predicted molar refractivity (Wildman–Crippen MR) is 112 cm³/mol. The van der Waals surface area contributed by atoms with Crippen molar-refractivity contribution >= 4 is 11.6 Å². The number of nitrogens with zero attached hydrogens (tertiary/aromatic N) is 2. The smallest absolute Gasteiger partial charge is 0.221 e. The summed E-state index contributed by atoms with van der Waals surface area (Å²) in [4.78, 5) is 16.9. The fraction of sp³-hybridized carbons (Fsp3) is 0.435. The van der Waals surface area contributed by atoms with Crippen molar-refractivity contribution in [1.82, 2.24) is 10.2 Å². The van der Waals surface area contributed by atoms with E-state index < -0.39 is 0 Å². The van der Waals surface area contributed by atoms with Crippen molar-refractivity contribution in [2.45, 2.75) is 26.7 Å². The van der Waals surface area contributed by atoms with Gasteiger partial charge in [0.05, 0.1) is 0 Å². The Morgan fingerprint density at radius 2 is 1.75 bits per heavy atom. The van der Waals surface area contributed by atoms with Gasteiger partial charge in [-0.3, -0.25) is 9.69 Å². The highest BCUT2D eigenvalue weighted by atomic mass is 19.1. The number of hydrogen-bond donors (Lipinski definition) is 1. The first-order valence-corrected chi connectivity index (χ1v) is 10.1. The molecule has 0 saturated carbocycles. The van der Waals surface area contributed by atoms with Crippen molar-refractivity contribution in [3.8, 4) is 0 Å². The second-order valence-electron chi connectivity index (χ2n) is 7.52. The zero-order chi connectivity index (χ0) is 19.9. The minimum Gasteiger partial charge on any atom is -0.369 e. The Balaban J connectivity index is 1.35. The van der Waals surface area contributed by atoms with Gasteiger partial charge >= 0.3 is 0 Å². The van der Waals surface area contributed by atoms with Gasteiger partial charge in [0, 0.05) is 51.4 Å². The number of carbonyl (C=O) groups excluding carboxylic acids is 1. The van der Waals surface area contributed by atoms with Crippen molar-refractivity contribution < 1.29 is 9.18 Å². The van der Waals surface area contributed by atoms with E-state index in [9.17, 15) is 9.18 Å². The van der Waals surface area contributed by atoms with Crippen LogP contribution < -0.4 is 10.2 Å². The molecule has 0 aliphatic carbocycles. The standard InChI is InChI=1S/C23H30FN3O/c1-18-4-3-5-22(19(18)2)27-16-14-26(15-17-27)13-11-23(28)25-12-10-20-6-8-21(24)9-7-20/h3-9H,10-17H2,1-2H3,(H,25,28). The average molecular weight is 384 g/mol. The summed E-state index contributed by atoms with van der Waals surface area (Å²) in [7, 11) is 0. The second-order valence-corrected chi connectivity index (χ2v) is 7.52. The fourth-order valence-corrected chi connectivity index (χ4v) is 3.64. The number of hydrogen-bond acceptors (Lipinski definition) is 3. The van der Waals surface area contributed by atoms with E-state index in [0.29, 0.717) is 13.0 Å². The maximum absolute atomic E-state index is 12.9. The van der Waals surface area contributed by atoms with E-state index in [1.807, 2.05) is 0 Å². The lowest BCUT2D eigenvalue weighted by Gasteiger charge is -2.37. The van der Waals surface area contributed by atoms with E-state index in [1.54, 1.807) is 12.1 Å². The molecular weight excluding hydrogens is 353 g/mol. The Labute approximate surface area is 167 Å². The topological polar surface area (TPSA) is 35.6 Å². The van der Waals surface area contributed by atoms with Crippen molar-refractivity contribution in [2.24, 2.45) is 0 Å². The summed E-state index contributed by atoms with van der Waals surface area (Å²) >= 11 is 0. The summed E-state index contributed by atoms with van der Waals surface area (Å²) in [5, 5.41) is 2.96. The van der Waals surface area contributed by atoms with Gasteiger partial charge in [-0.15, -0.1) is 0 Å². The third-order valence-electron chi connectivity index (χ3n) is 5.59. The molecule has 28 heavy (non-hydrogen) atoms. The van der Waals surface area contributed by atoms with Gasteiger partial charge in [0.1, 0.15) is 5.82 Å². The molecule has 3 rings (SSSR count). The number of anilines is 1. The Bertz CT molecular complexity index is 783. The highest BCUT2D eigenvalue weighted by Gasteiger charge is 2.19. The van der Waals surface area contributed by atoms with E-state index in [-0.39, 0.29) is 11.7 Å². The van der Waals surface area contributed by atoms with Crippen LogP contribution in [0.1, 0.15) is 23.1 Å². The largest absolute Gasteiger partial charge is 0.369 e. The van der Waals surface area contributed by atoms with E-state index in [4.69, 9.17) is 0 Å². The summed E-state index contributed by atoms with van der Waals surface area (Å²) in [5.74, 6) is -0.149. The molecule has 1 heterocycles. The van der Waals surface area contributed by atoms with Crippen molar-refractivity contribution in [2.75, 3.05) is 44.2 Å². The number of carbonyl (C=O) groups is 1. The van der Waals surface area contributed by atoms with Gasteiger partial charge in [0.2, 0.25) is 5.91 Å². The predicted octanol–water partition coefficient (Wildman–Crippen LogP) is 3.31. The highest BCUT2D eigenvalue weighted by Crippen LogP contribution is 2.23. The molecule has 2 aromatic carbocycles. The number of nitrogens with one attached hydrogen (secondary N) is 1. The molecule has 4 nitrogen and oxygen atoms in total. The van der Waals surface area contributed by atoms with Gasteiger partial charge < -0.3 is 10.2 Å². The molecule has 1 aliphatic rings. The molecule has 1 aliphatic heterocycles. The van der Waals surface area contributed by atoms with Crippen LogP contribution in [0.3, 0.4) is 0 Å². The zero-order valence-electron chi connectivity index (χ0n) is 16.9. The van der Waals surface area contributed by atoms with Gasteiger partial charge in [0.15, 0.2) is 0 Å². The Hall–Kier alpha value is -2.40. The number of rotatable bonds is 7. The minimum absolute atomic E-state index is 0.0825. The molecule has 1 fully saturated rings. The average Bonchev–Trinajstić information content (AvgIpc) is 2.70. The molecule has 5 heteroatoms. The van der Waals surface area contributed by atoms with E-state index in [1.165, 1.54) is 28.9 Å². The zero-order valence-corrected chi connectivity index (χ0v) is 16.9. The third-order valence-corrected chi connectivity index (χ3v) is 5.59. The maximum Gasteiger partial charge on any atom is 0.221 e. The fourth-order valence-electron chi connectivity index (χ4n) is 3.64. The molecule has 1 amide bonds. The Kier molecular flexibility index (Phi) is 7.04. The van der Waals surface area contributed by atoms with E-state index >= 15 is 0 Å². The van der Waals surface area contributed by atoms with Crippen LogP contribution >= 0.6 is 0 Å². The van der Waals surface area contributed by atoms with Gasteiger partial charge in [0.25, 0.3) is 0 Å². The van der Waals surface area contributed by atoms with Crippen LogP contribution in [0.25, 0.3) is 0 Å². The number of benzene rings is 2. The lowest BCUT2D eigenvalue weighted by molar-refractivity contribution is -0.121. The summed E-state index contributed by atoms with van der Waals surface area (Å²) in [6.45, 7) is 9.68. The van der Waals surface area contributed by atoms with E-state index in [2.05, 4.69) is 47.2 Å². The van der Waals surface area contributed by atoms with Gasteiger partial charge in [-0.05, 0) is 55.2 Å². The maximum atomic E-state index is 12.9. The van der Waals surface area contributed by atoms with Crippen LogP contribution in [0.5, 0.6) is 0 Å². The number of halogens is 1. The molecule has 0 radical (unpaired) electrons. The molecule has 1 N–H and O–H groups in total. The summed E-state index contributed by atoms with van der Waals surface area (Å²) in [5.41, 5.74) is 5.05. The van der Waals surface area contributed by atoms with Crippen LogP contribution in [0.4, 0.5) is 10.1 Å². The quantitative estimate of drug-likeness (QED) is 0.797. The number of aryl methyl sites for hydroxylation is 1. The summed E-state index contributed by atoms with van der Waals surface area (Å²) in [6, 6.07) is 12.9. The Morgan fingerprint density at radius 1 is 1.04 bits per heavy atom. The normalized spacial score (nSPS) is 14.9. The van der Waals surface area contributed by atoms with Gasteiger partial charge in [-0.25, -0.2) is 4.39 Å². The van der Waals surface area contributed by atoms with Crippen LogP contribution in [0.15, 0.2) is 42.5 Å². The van der Waals surface area contributed by atoms with Crippen LogP contribution in [0.2, 0.25) is 0 Å². The lowest BCUT2D eigenvalue weighted by atomic mass is 10.1. The molecule has 150 valence electrons.